The SMILES string of the molecule is CN=Cc1ccccc1O.COc1c[c-]c(-c2ncc(C)nc2C)cc1OC.[Ir]. The summed E-state index contributed by atoms with van der Waals surface area (Å²) < 4.78 is 10.5. The van der Waals surface area contributed by atoms with Gasteiger partial charge in [0, 0.05) is 56.5 Å². The van der Waals surface area contributed by atoms with Crippen molar-refractivity contribution < 1.29 is 34.7 Å². The van der Waals surface area contributed by atoms with Crippen LogP contribution in [-0.2, 0) is 20.1 Å². The maximum atomic E-state index is 9.15. The molecule has 6 nitrogen and oxygen atoms in total. The van der Waals surface area contributed by atoms with Crippen LogP contribution in [0.25, 0.3) is 11.3 Å². The number of aryl methyl sites for hydroxylation is 2. The molecule has 2 aromatic carbocycles. The standard InChI is InChI=1S/C14H15N2O2.C8H9NO.Ir/c1-9-8-15-14(10(2)16-9)11-5-6-12(17-3)13(7-11)18-4;1-9-6-7-4-2-3-5-8(7)10;/h6-8H,1-4H3;2-6,10H,1H3;/q-1;;. The maximum absolute atomic E-state index is 9.15. The summed E-state index contributed by atoms with van der Waals surface area (Å²) in [6.07, 6.45) is 3.36. The number of aliphatic imine (C=N–C) groups is 1. The maximum Gasteiger partial charge on any atom is 0.124 e. The van der Waals surface area contributed by atoms with Crippen LogP contribution in [0, 0.1) is 19.9 Å². The minimum Gasteiger partial charge on any atom is -0.536 e. The molecule has 0 spiro atoms. The summed E-state index contributed by atoms with van der Waals surface area (Å²) in [7, 11) is 4.88. The summed E-state index contributed by atoms with van der Waals surface area (Å²) in [5.74, 6) is 1.58. The first-order chi connectivity index (χ1) is 13.5. The summed E-state index contributed by atoms with van der Waals surface area (Å²) in [5.41, 5.74) is 4.18. The van der Waals surface area contributed by atoms with Crippen molar-refractivity contribution in [2.24, 2.45) is 4.99 Å². The molecule has 0 unspecified atom stereocenters. The van der Waals surface area contributed by atoms with E-state index in [4.69, 9.17) is 14.6 Å². The largest absolute Gasteiger partial charge is 0.536 e. The van der Waals surface area contributed by atoms with Gasteiger partial charge in [0.15, 0.2) is 0 Å². The molecule has 1 aromatic heterocycles. The van der Waals surface area contributed by atoms with Crippen LogP contribution >= 0.6 is 0 Å². The Hall–Kier alpha value is -2.76. The molecule has 1 heterocycles. The number of phenolic OH excluding ortho intramolecular Hbond substituents is 1. The van der Waals surface area contributed by atoms with Gasteiger partial charge in [-0.05, 0) is 26.0 Å². The molecule has 3 aromatic rings. The summed E-state index contributed by atoms with van der Waals surface area (Å²) in [6, 6.07) is 13.8. The fourth-order valence-electron chi connectivity index (χ4n) is 2.51. The minimum atomic E-state index is 0. The van der Waals surface area contributed by atoms with Crippen molar-refractivity contribution in [3.05, 3.63) is 65.6 Å². The quantitative estimate of drug-likeness (QED) is 0.379. The van der Waals surface area contributed by atoms with Crippen molar-refractivity contribution in [2.75, 3.05) is 21.3 Å². The van der Waals surface area contributed by atoms with E-state index in [1.165, 1.54) is 0 Å². The first-order valence-electron chi connectivity index (χ1n) is 8.64. The number of hydrogen-bond acceptors (Lipinski definition) is 6. The molecule has 7 heteroatoms. The average Bonchev–Trinajstić information content (AvgIpc) is 2.70. The minimum absolute atomic E-state index is 0. The number of methoxy groups -OCH3 is 2. The first kappa shape index (κ1) is 24.3. The van der Waals surface area contributed by atoms with Crippen LogP contribution in [0.2, 0.25) is 0 Å². The Morgan fingerprint density at radius 3 is 2.38 bits per heavy atom. The molecule has 1 N–H and O–H groups in total. The van der Waals surface area contributed by atoms with E-state index in [1.54, 1.807) is 51.9 Å². The fraction of sp³-hybridized carbons (Fsp3) is 0.227. The Kier molecular flexibility index (Phi) is 10.00. The van der Waals surface area contributed by atoms with E-state index in [0.29, 0.717) is 11.5 Å². The van der Waals surface area contributed by atoms with E-state index >= 15 is 0 Å². The predicted octanol–water partition coefficient (Wildman–Crippen LogP) is 4.02. The van der Waals surface area contributed by atoms with Crippen molar-refractivity contribution in [1.29, 1.82) is 0 Å². The van der Waals surface area contributed by atoms with Gasteiger partial charge in [-0.2, -0.15) is 0 Å². The van der Waals surface area contributed by atoms with Gasteiger partial charge in [0.1, 0.15) is 5.75 Å². The molecular formula is C22H24IrN3O3-. The van der Waals surface area contributed by atoms with Gasteiger partial charge in [-0.25, -0.2) is 0 Å². The molecule has 0 bridgehead atoms. The zero-order valence-corrected chi connectivity index (χ0v) is 19.5. The second-order valence-electron chi connectivity index (χ2n) is 5.87. The normalized spacial score (nSPS) is 9.97. The Morgan fingerprint density at radius 1 is 1.10 bits per heavy atom. The van der Waals surface area contributed by atoms with Crippen LogP contribution in [0.1, 0.15) is 17.0 Å². The molecule has 0 saturated carbocycles. The number of rotatable bonds is 4. The number of ether oxygens (including phenoxy) is 2. The van der Waals surface area contributed by atoms with Crippen LogP contribution in [-0.4, -0.2) is 42.6 Å². The third-order valence-electron chi connectivity index (χ3n) is 3.84. The number of phenols is 1. The number of aromatic hydroxyl groups is 1. The van der Waals surface area contributed by atoms with E-state index < -0.39 is 0 Å². The Balaban J connectivity index is 0.000000327. The van der Waals surface area contributed by atoms with Crippen molar-refractivity contribution in [2.45, 2.75) is 13.8 Å². The van der Waals surface area contributed by atoms with Gasteiger partial charge in [0.25, 0.3) is 0 Å². The molecule has 0 amide bonds. The molecule has 0 aliphatic heterocycles. The molecule has 0 saturated heterocycles. The Bertz CT molecular complexity index is 962. The summed E-state index contributed by atoms with van der Waals surface area (Å²) in [6.45, 7) is 3.85. The zero-order valence-electron chi connectivity index (χ0n) is 17.1. The van der Waals surface area contributed by atoms with Gasteiger partial charge < -0.3 is 19.6 Å². The van der Waals surface area contributed by atoms with Crippen LogP contribution < -0.4 is 9.47 Å². The summed E-state index contributed by atoms with van der Waals surface area (Å²) in [5, 5.41) is 9.15. The molecular weight excluding hydrogens is 546 g/mol. The van der Waals surface area contributed by atoms with E-state index in [2.05, 4.69) is 21.0 Å². The Labute approximate surface area is 185 Å². The van der Waals surface area contributed by atoms with Crippen molar-refractivity contribution in [3.63, 3.8) is 0 Å². The van der Waals surface area contributed by atoms with E-state index in [9.17, 15) is 0 Å². The number of aromatic nitrogens is 2. The topological polar surface area (TPSA) is 76.8 Å². The van der Waals surface area contributed by atoms with Crippen molar-refractivity contribution in [1.82, 2.24) is 9.97 Å². The second-order valence-corrected chi connectivity index (χ2v) is 5.87. The van der Waals surface area contributed by atoms with Gasteiger partial charge in [-0.3, -0.25) is 9.98 Å². The number of nitrogens with zero attached hydrogens (tertiary/aromatic N) is 3. The smallest absolute Gasteiger partial charge is 0.124 e. The predicted molar refractivity (Wildman–Crippen MR) is 111 cm³/mol. The number of hydrogen-bond donors (Lipinski definition) is 1. The van der Waals surface area contributed by atoms with Gasteiger partial charge >= 0.3 is 0 Å². The van der Waals surface area contributed by atoms with Gasteiger partial charge in [-0.15, -0.1) is 17.7 Å². The van der Waals surface area contributed by atoms with Gasteiger partial charge in [-0.1, -0.05) is 18.2 Å². The monoisotopic (exact) mass is 571 g/mol. The van der Waals surface area contributed by atoms with Gasteiger partial charge in [0.2, 0.25) is 0 Å². The number of benzene rings is 2. The van der Waals surface area contributed by atoms with E-state index in [-0.39, 0.29) is 25.9 Å². The molecule has 155 valence electrons. The molecule has 0 aliphatic carbocycles. The van der Waals surface area contributed by atoms with Gasteiger partial charge in [0.05, 0.1) is 31.4 Å². The molecule has 0 atom stereocenters. The fourth-order valence-corrected chi connectivity index (χ4v) is 2.51. The number of para-hydroxylation sites is 1. The Morgan fingerprint density at radius 2 is 1.79 bits per heavy atom. The third kappa shape index (κ3) is 6.66. The van der Waals surface area contributed by atoms with Crippen LogP contribution in [0.15, 0.2) is 47.6 Å². The van der Waals surface area contributed by atoms with E-state index in [0.717, 1.165) is 28.2 Å². The molecule has 0 fully saturated rings. The molecule has 0 aliphatic rings. The first-order valence-corrected chi connectivity index (χ1v) is 8.64. The zero-order chi connectivity index (χ0) is 20.5. The van der Waals surface area contributed by atoms with Crippen molar-refractivity contribution in [3.8, 4) is 28.5 Å². The van der Waals surface area contributed by atoms with Crippen LogP contribution in [0.4, 0.5) is 0 Å². The third-order valence-corrected chi connectivity index (χ3v) is 3.84. The molecule has 29 heavy (non-hydrogen) atoms. The molecule has 3 rings (SSSR count). The average molecular weight is 571 g/mol. The second kappa shape index (κ2) is 11.9. The summed E-state index contributed by atoms with van der Waals surface area (Å²) in [4.78, 5) is 12.6. The van der Waals surface area contributed by atoms with Crippen LogP contribution in [0.5, 0.6) is 17.2 Å². The summed E-state index contributed by atoms with van der Waals surface area (Å²) >= 11 is 0. The van der Waals surface area contributed by atoms with E-state index in [1.807, 2.05) is 32.0 Å². The molecule has 1 radical (unpaired) electrons. The van der Waals surface area contributed by atoms with Crippen LogP contribution in [0.3, 0.4) is 0 Å². The van der Waals surface area contributed by atoms with Crippen molar-refractivity contribution >= 4 is 6.21 Å².